The standard InChI is InChI=1S/C24H37BP2.Ir.3H/c1-17(2)26(18(3)4)23-15-11-9-13-21(23)25-22-14-10-12-16-24(22)27(19(5)6)20(7)8;;;;/h9-20,25H,1-8H3;;;;. The van der Waals surface area contributed by atoms with Crippen LogP contribution in [0.1, 0.15) is 55.4 Å². The van der Waals surface area contributed by atoms with Crippen LogP contribution in [-0.2, 0) is 20.1 Å². The summed E-state index contributed by atoms with van der Waals surface area (Å²) in [5, 5.41) is 3.23. The molecule has 2 aromatic carbocycles. The van der Waals surface area contributed by atoms with Crippen LogP contribution in [0.15, 0.2) is 48.5 Å². The molecule has 0 nitrogen and oxygen atoms in total. The SMILES string of the molecule is CC(C)P(c1ccccc1Bc1ccccc1P(C(C)C)C(C)C)C(C)C.[IrH3]. The summed E-state index contributed by atoms with van der Waals surface area (Å²) in [6.45, 7) is 19.2. The van der Waals surface area contributed by atoms with Crippen molar-refractivity contribution in [2.45, 2.75) is 78.0 Å². The molecule has 2 aromatic rings. The first-order valence-corrected chi connectivity index (χ1v) is 13.4. The van der Waals surface area contributed by atoms with Crippen LogP contribution in [0.25, 0.3) is 0 Å². The minimum absolute atomic E-state index is 0. The zero-order valence-corrected chi connectivity index (χ0v) is 23.7. The molecule has 1 radical (unpaired) electrons. The Balaban J connectivity index is 0.00000392. The molecule has 0 saturated heterocycles. The fourth-order valence-corrected chi connectivity index (χ4v) is 10.4. The van der Waals surface area contributed by atoms with Crippen molar-refractivity contribution in [3.63, 3.8) is 0 Å². The number of hydrogen-bond acceptors (Lipinski definition) is 0. The van der Waals surface area contributed by atoms with Gasteiger partial charge < -0.3 is 0 Å². The molecular formula is C24H40BIrP2. The van der Waals surface area contributed by atoms with Gasteiger partial charge in [-0.3, -0.25) is 0 Å². The molecule has 0 bridgehead atoms. The summed E-state index contributed by atoms with van der Waals surface area (Å²) >= 11 is 0. The Morgan fingerprint density at radius 2 is 0.821 bits per heavy atom. The molecule has 0 aliphatic carbocycles. The van der Waals surface area contributed by atoms with Crippen LogP contribution in [0.4, 0.5) is 0 Å². The average Bonchev–Trinajstić information content (AvgIpc) is 2.57. The third-order valence-electron chi connectivity index (χ3n) is 5.15. The average molecular weight is 594 g/mol. The summed E-state index contributed by atoms with van der Waals surface area (Å²) < 4.78 is 0. The van der Waals surface area contributed by atoms with Gasteiger partial charge in [0.05, 0.1) is 0 Å². The summed E-state index contributed by atoms with van der Waals surface area (Å²) in [4.78, 5) is 0. The van der Waals surface area contributed by atoms with Crippen molar-refractivity contribution < 1.29 is 20.1 Å². The molecule has 0 heterocycles. The van der Waals surface area contributed by atoms with Gasteiger partial charge in [0.25, 0.3) is 0 Å². The second-order valence-electron chi connectivity index (χ2n) is 8.62. The molecule has 0 atom stereocenters. The monoisotopic (exact) mass is 594 g/mol. The second-order valence-corrected chi connectivity index (χ2v) is 15.3. The van der Waals surface area contributed by atoms with Gasteiger partial charge in [0, 0.05) is 0 Å². The van der Waals surface area contributed by atoms with Crippen molar-refractivity contribution in [3.05, 3.63) is 48.5 Å². The molecule has 0 aromatic heterocycles. The van der Waals surface area contributed by atoms with Crippen molar-refractivity contribution in [2.24, 2.45) is 0 Å². The Kier molecular flexibility index (Phi) is 11.2. The Bertz CT molecular complexity index is 651. The van der Waals surface area contributed by atoms with Crippen molar-refractivity contribution in [3.8, 4) is 0 Å². The fraction of sp³-hybridized carbons (Fsp3) is 0.500. The van der Waals surface area contributed by atoms with Crippen LogP contribution in [0, 0.1) is 0 Å². The topological polar surface area (TPSA) is 0 Å². The quantitative estimate of drug-likeness (QED) is 0.320. The van der Waals surface area contributed by atoms with E-state index in [1.165, 1.54) is 0 Å². The molecular weight excluding hydrogens is 553 g/mol. The predicted molar refractivity (Wildman–Crippen MR) is 137 cm³/mol. The van der Waals surface area contributed by atoms with Gasteiger partial charge in [-0.05, 0) is 33.2 Å². The summed E-state index contributed by atoms with van der Waals surface area (Å²) in [5.74, 6) is 0. The first-order chi connectivity index (χ1) is 12.7. The van der Waals surface area contributed by atoms with Crippen LogP contribution in [0.3, 0.4) is 0 Å². The second kappa shape index (κ2) is 12.0. The van der Waals surface area contributed by atoms with E-state index in [-0.39, 0.29) is 35.9 Å². The van der Waals surface area contributed by atoms with Gasteiger partial charge in [-0.25, -0.2) is 0 Å². The van der Waals surface area contributed by atoms with Crippen molar-refractivity contribution in [1.29, 1.82) is 0 Å². The van der Waals surface area contributed by atoms with E-state index in [9.17, 15) is 0 Å². The number of benzene rings is 2. The summed E-state index contributed by atoms with van der Waals surface area (Å²) in [6, 6.07) is 18.5. The minimum atomic E-state index is -0.135. The Labute approximate surface area is 190 Å². The predicted octanol–water partition coefficient (Wildman–Crippen LogP) is 4.12. The molecule has 0 aliphatic rings. The molecule has 0 N–H and O–H groups in total. The first kappa shape index (κ1) is 26.0. The molecule has 0 aliphatic heterocycles. The molecule has 0 saturated carbocycles. The zero-order chi connectivity index (χ0) is 20.1. The van der Waals surface area contributed by atoms with Crippen LogP contribution in [0.5, 0.6) is 0 Å². The maximum atomic E-state index is 2.40. The Morgan fingerprint density at radius 1 is 0.536 bits per heavy atom. The Morgan fingerprint density at radius 3 is 1.11 bits per heavy atom. The van der Waals surface area contributed by atoms with Crippen molar-refractivity contribution in [1.82, 2.24) is 0 Å². The van der Waals surface area contributed by atoms with E-state index in [1.807, 2.05) is 0 Å². The first-order valence-electron chi connectivity index (χ1n) is 10.5. The van der Waals surface area contributed by atoms with E-state index in [4.69, 9.17) is 0 Å². The zero-order valence-electron chi connectivity index (χ0n) is 18.9. The van der Waals surface area contributed by atoms with Gasteiger partial charge >= 0.3 is 20.1 Å². The Hall–Kier alpha value is 0.0143. The molecule has 0 fully saturated rings. The molecule has 0 spiro atoms. The van der Waals surface area contributed by atoms with Gasteiger partial charge in [0.15, 0.2) is 7.28 Å². The van der Waals surface area contributed by atoms with Crippen molar-refractivity contribution in [2.75, 3.05) is 0 Å². The van der Waals surface area contributed by atoms with E-state index in [2.05, 4.69) is 104 Å². The third-order valence-corrected chi connectivity index (χ3v) is 11.6. The van der Waals surface area contributed by atoms with Gasteiger partial charge in [0.1, 0.15) is 0 Å². The van der Waals surface area contributed by atoms with Crippen molar-refractivity contribution >= 4 is 44.7 Å². The number of hydrogen-bond donors (Lipinski definition) is 0. The van der Waals surface area contributed by atoms with Crippen LogP contribution in [-0.4, -0.2) is 29.9 Å². The van der Waals surface area contributed by atoms with E-state index < -0.39 is 0 Å². The van der Waals surface area contributed by atoms with E-state index in [0.29, 0.717) is 0 Å². The molecule has 4 heteroatoms. The van der Waals surface area contributed by atoms with E-state index in [1.54, 1.807) is 21.5 Å². The van der Waals surface area contributed by atoms with Gasteiger partial charge in [-0.1, -0.05) is 131 Å². The molecule has 0 amide bonds. The fourth-order valence-electron chi connectivity index (χ4n) is 4.33. The van der Waals surface area contributed by atoms with Crippen LogP contribution in [0.2, 0.25) is 0 Å². The van der Waals surface area contributed by atoms with Gasteiger partial charge in [0.2, 0.25) is 0 Å². The summed E-state index contributed by atoms with van der Waals surface area (Å²) in [7, 11) is 0.802. The van der Waals surface area contributed by atoms with Gasteiger partial charge in [-0.2, -0.15) is 0 Å². The molecule has 28 heavy (non-hydrogen) atoms. The molecule has 158 valence electrons. The number of rotatable bonds is 8. The van der Waals surface area contributed by atoms with E-state index in [0.717, 1.165) is 29.9 Å². The summed E-state index contributed by atoms with van der Waals surface area (Å²) in [6.07, 6.45) is 0. The van der Waals surface area contributed by atoms with Gasteiger partial charge in [-0.15, -0.1) is 0 Å². The third kappa shape index (κ3) is 6.51. The molecule has 0 unspecified atom stereocenters. The van der Waals surface area contributed by atoms with E-state index >= 15 is 0 Å². The van der Waals surface area contributed by atoms with Crippen LogP contribution >= 0.6 is 15.8 Å². The summed E-state index contributed by atoms with van der Waals surface area (Å²) in [5.41, 5.74) is 5.97. The normalized spacial score (nSPS) is 11.8. The van der Waals surface area contributed by atoms with Crippen LogP contribution < -0.4 is 21.5 Å². The molecule has 2 rings (SSSR count). The maximum absolute atomic E-state index is 2.40.